The van der Waals surface area contributed by atoms with E-state index in [1.165, 1.54) is 225 Å². The molecule has 0 spiro atoms. The van der Waals surface area contributed by atoms with Crippen molar-refractivity contribution in [2.45, 2.75) is 433 Å². The Balaban J connectivity index is 5.19. The third kappa shape index (κ3) is 74.1. The largest absolute Gasteiger partial charge is 0.472 e. The van der Waals surface area contributed by atoms with Crippen molar-refractivity contribution >= 4 is 39.5 Å². The molecule has 3 N–H and O–H groups in total. The summed E-state index contributed by atoms with van der Waals surface area (Å²) in [4.78, 5) is 72.9. The average Bonchev–Trinajstić information content (AvgIpc) is 0.966. The van der Waals surface area contributed by atoms with Gasteiger partial charge in [-0.3, -0.25) is 37.3 Å². The van der Waals surface area contributed by atoms with E-state index in [9.17, 15) is 43.2 Å². The molecule has 0 aliphatic rings. The molecule has 0 saturated heterocycles. The van der Waals surface area contributed by atoms with Crippen molar-refractivity contribution in [1.82, 2.24) is 0 Å². The summed E-state index contributed by atoms with van der Waals surface area (Å²) < 4.78 is 68.6. The molecule has 0 aliphatic heterocycles. The smallest absolute Gasteiger partial charge is 0.462 e. The Labute approximate surface area is 607 Å². The molecule has 0 aromatic carbocycles. The molecule has 99 heavy (non-hydrogen) atoms. The number of aliphatic hydroxyl groups excluding tert-OH is 1. The van der Waals surface area contributed by atoms with Crippen LogP contribution in [0.15, 0.2) is 0 Å². The van der Waals surface area contributed by atoms with E-state index in [4.69, 9.17) is 37.0 Å². The lowest BCUT2D eigenvalue weighted by Crippen LogP contribution is -2.30. The minimum absolute atomic E-state index is 0.104. The summed E-state index contributed by atoms with van der Waals surface area (Å²) in [5.74, 6) is 0.207. The van der Waals surface area contributed by atoms with E-state index in [0.29, 0.717) is 31.6 Å². The Morgan fingerprint density at radius 2 is 0.465 bits per heavy atom. The number of unbranched alkanes of at least 4 members (excludes halogenated alkanes) is 46. The molecular weight excluding hydrogens is 1290 g/mol. The first kappa shape index (κ1) is 97.1. The van der Waals surface area contributed by atoms with Gasteiger partial charge in [0.25, 0.3) is 0 Å². The second-order valence-corrected chi connectivity index (χ2v) is 33.1. The van der Waals surface area contributed by atoms with Crippen LogP contribution in [-0.4, -0.2) is 96.7 Å². The Bertz CT molecular complexity index is 1920. The van der Waals surface area contributed by atoms with Gasteiger partial charge in [-0.2, -0.15) is 0 Å². The second-order valence-electron chi connectivity index (χ2n) is 30.2. The van der Waals surface area contributed by atoms with Crippen molar-refractivity contribution < 1.29 is 80.2 Å². The Hall–Kier alpha value is -1.94. The van der Waals surface area contributed by atoms with Crippen LogP contribution in [-0.2, 0) is 65.4 Å². The second kappa shape index (κ2) is 70.4. The molecule has 19 heteroatoms. The van der Waals surface area contributed by atoms with Crippen molar-refractivity contribution in [2.75, 3.05) is 39.6 Å². The molecule has 17 nitrogen and oxygen atoms in total. The van der Waals surface area contributed by atoms with E-state index < -0.39 is 97.5 Å². The van der Waals surface area contributed by atoms with Gasteiger partial charge in [0.1, 0.15) is 19.3 Å². The number of phosphoric ester groups is 2. The van der Waals surface area contributed by atoms with E-state index in [-0.39, 0.29) is 25.7 Å². The van der Waals surface area contributed by atoms with Crippen LogP contribution in [0.1, 0.15) is 414 Å². The van der Waals surface area contributed by atoms with Crippen LogP contribution in [0.25, 0.3) is 0 Å². The van der Waals surface area contributed by atoms with Crippen LogP contribution >= 0.6 is 15.6 Å². The molecule has 0 heterocycles. The zero-order valence-corrected chi connectivity index (χ0v) is 66.8. The molecule has 0 amide bonds. The van der Waals surface area contributed by atoms with Crippen LogP contribution in [0.2, 0.25) is 0 Å². The summed E-state index contributed by atoms with van der Waals surface area (Å²) in [5.41, 5.74) is 0. The van der Waals surface area contributed by atoms with Gasteiger partial charge in [0, 0.05) is 25.7 Å². The summed E-state index contributed by atoms with van der Waals surface area (Å²) in [6.45, 7) is 11.9. The number of rotatable bonds is 78. The molecular formula is C80H156O17P2. The van der Waals surface area contributed by atoms with Crippen LogP contribution < -0.4 is 0 Å². The monoisotopic (exact) mass is 1450 g/mol. The minimum Gasteiger partial charge on any atom is -0.462 e. The number of carbonyl (C=O) groups is 4. The zero-order valence-electron chi connectivity index (χ0n) is 65.0. The van der Waals surface area contributed by atoms with Crippen LogP contribution in [0, 0.1) is 17.8 Å². The van der Waals surface area contributed by atoms with Crippen LogP contribution in [0.3, 0.4) is 0 Å². The van der Waals surface area contributed by atoms with Gasteiger partial charge in [-0.25, -0.2) is 9.13 Å². The molecule has 2 unspecified atom stereocenters. The van der Waals surface area contributed by atoms with E-state index in [2.05, 4.69) is 48.5 Å². The molecule has 588 valence electrons. The summed E-state index contributed by atoms with van der Waals surface area (Å²) >= 11 is 0. The first-order valence-corrected chi connectivity index (χ1v) is 44.3. The van der Waals surface area contributed by atoms with Gasteiger partial charge < -0.3 is 33.8 Å². The summed E-state index contributed by atoms with van der Waals surface area (Å²) in [6, 6.07) is 0. The third-order valence-corrected chi connectivity index (χ3v) is 20.5. The normalized spacial score (nSPS) is 14.0. The molecule has 0 radical (unpaired) electrons. The maximum Gasteiger partial charge on any atom is 0.472 e. The SMILES string of the molecule is CCCCCCCCCCCCC(=O)OC[C@H](COP(=O)(O)OC[C@H](O)COP(=O)(O)OC[C@@H](COC(=O)CCCCCCCCCCCCCCCCCC(C)C)OC(=O)CCCCCCCCCCCCCCCCCCCCC(C)C)OC(=O)CCCCCCCCCC(C)C. The number of hydrogen-bond donors (Lipinski definition) is 3. The average molecular weight is 1450 g/mol. The fraction of sp³-hybridized carbons (Fsp3) is 0.950. The van der Waals surface area contributed by atoms with E-state index in [1.54, 1.807) is 0 Å². The maximum absolute atomic E-state index is 13.1. The van der Waals surface area contributed by atoms with Gasteiger partial charge in [0.2, 0.25) is 0 Å². The minimum atomic E-state index is -4.96. The van der Waals surface area contributed by atoms with E-state index >= 15 is 0 Å². The van der Waals surface area contributed by atoms with Crippen molar-refractivity contribution in [3.8, 4) is 0 Å². The molecule has 0 aliphatic carbocycles. The fourth-order valence-electron chi connectivity index (χ4n) is 12.3. The van der Waals surface area contributed by atoms with Crippen molar-refractivity contribution in [3.05, 3.63) is 0 Å². The van der Waals surface area contributed by atoms with Gasteiger partial charge in [-0.15, -0.1) is 0 Å². The first-order chi connectivity index (χ1) is 47.7. The highest BCUT2D eigenvalue weighted by Crippen LogP contribution is 2.45. The highest BCUT2D eigenvalue weighted by molar-refractivity contribution is 7.47. The Kier molecular flexibility index (Phi) is 69.0. The van der Waals surface area contributed by atoms with Crippen molar-refractivity contribution in [1.29, 1.82) is 0 Å². The van der Waals surface area contributed by atoms with Gasteiger partial charge in [0.15, 0.2) is 12.2 Å². The summed E-state index contributed by atoms with van der Waals surface area (Å²) in [5, 5.41) is 10.6. The topological polar surface area (TPSA) is 237 Å². The predicted octanol–water partition coefficient (Wildman–Crippen LogP) is 23.7. The predicted molar refractivity (Wildman–Crippen MR) is 405 cm³/mol. The third-order valence-electron chi connectivity index (χ3n) is 18.6. The Morgan fingerprint density at radius 1 is 0.273 bits per heavy atom. The number of aliphatic hydroxyl groups is 1. The standard InChI is InChI=1S/C80H156O17P2/c1-8-9-10-11-12-13-33-40-47-54-61-77(82)90-68-76(97-80(85)64-57-50-43-36-39-46-53-60-73(6)7)70-95-99(88,89)93-66-74(81)65-92-98(86,87)94-69-75(67-91-78(83)62-55-48-41-34-29-25-22-18-20-24-28-32-38-45-52-59-72(4)5)96-79(84)63-56-49-42-35-30-26-21-17-15-14-16-19-23-27-31-37-44-51-58-71(2)3/h71-76,81H,8-70H2,1-7H3,(H,86,87)(H,88,89)/t74-,75-,76-/m1/s1. The number of ether oxygens (including phenoxy) is 4. The molecule has 0 rings (SSSR count). The van der Waals surface area contributed by atoms with Crippen LogP contribution in [0.4, 0.5) is 0 Å². The lowest BCUT2D eigenvalue weighted by Gasteiger charge is -2.21. The Morgan fingerprint density at radius 3 is 0.687 bits per heavy atom. The van der Waals surface area contributed by atoms with E-state index in [0.717, 1.165) is 102 Å². The molecule has 5 atom stereocenters. The molecule has 0 aromatic heterocycles. The molecule has 0 bridgehead atoms. The zero-order chi connectivity index (χ0) is 73.0. The van der Waals surface area contributed by atoms with E-state index in [1.807, 2.05) is 0 Å². The van der Waals surface area contributed by atoms with Gasteiger partial charge in [-0.1, -0.05) is 363 Å². The fourth-order valence-corrected chi connectivity index (χ4v) is 13.9. The lowest BCUT2D eigenvalue weighted by atomic mass is 10.0. The molecule has 0 saturated carbocycles. The molecule has 0 aromatic rings. The number of esters is 4. The highest BCUT2D eigenvalue weighted by Gasteiger charge is 2.30. The van der Waals surface area contributed by atoms with Crippen molar-refractivity contribution in [3.63, 3.8) is 0 Å². The first-order valence-electron chi connectivity index (χ1n) is 41.3. The maximum atomic E-state index is 13.1. The summed E-state index contributed by atoms with van der Waals surface area (Å²) in [7, 11) is -9.91. The quantitative estimate of drug-likeness (QED) is 0.0222. The number of hydrogen-bond acceptors (Lipinski definition) is 15. The summed E-state index contributed by atoms with van der Waals surface area (Å²) in [6.07, 6.45) is 58.5. The highest BCUT2D eigenvalue weighted by atomic mass is 31.2. The van der Waals surface area contributed by atoms with Gasteiger partial charge >= 0.3 is 39.5 Å². The van der Waals surface area contributed by atoms with Crippen LogP contribution in [0.5, 0.6) is 0 Å². The lowest BCUT2D eigenvalue weighted by molar-refractivity contribution is -0.161. The van der Waals surface area contributed by atoms with Gasteiger partial charge in [-0.05, 0) is 43.4 Å². The van der Waals surface area contributed by atoms with Gasteiger partial charge in [0.05, 0.1) is 26.4 Å². The number of phosphoric acid groups is 2. The van der Waals surface area contributed by atoms with Crippen molar-refractivity contribution in [2.24, 2.45) is 17.8 Å². The molecule has 0 fully saturated rings. The number of carbonyl (C=O) groups excluding carboxylic acids is 4.